The van der Waals surface area contributed by atoms with Gasteiger partial charge in [0.2, 0.25) is 5.91 Å². The van der Waals surface area contributed by atoms with Gasteiger partial charge in [0.1, 0.15) is 5.75 Å². The van der Waals surface area contributed by atoms with Crippen LogP contribution in [0.1, 0.15) is 39.5 Å². The molecule has 1 rings (SSSR count). The molecule has 0 saturated carbocycles. The predicted molar refractivity (Wildman–Crippen MR) is 86.3 cm³/mol. The number of benzene rings is 1. The van der Waals surface area contributed by atoms with Crippen molar-refractivity contribution in [1.29, 1.82) is 0 Å². The van der Waals surface area contributed by atoms with Gasteiger partial charge in [-0.3, -0.25) is 10.2 Å². The largest absolute Gasteiger partial charge is 0.494 e. The molecular formula is C16H27N3O2. The fourth-order valence-corrected chi connectivity index (χ4v) is 2.19. The van der Waals surface area contributed by atoms with Crippen molar-refractivity contribution in [2.45, 2.75) is 39.5 Å². The lowest BCUT2D eigenvalue weighted by molar-refractivity contribution is -0.121. The predicted octanol–water partition coefficient (Wildman–Crippen LogP) is 2.46. The standard InChI is InChI=1S/C16H27N3O2/c1-3-19(4-2)14-9-8-10-15(13-14)21-12-7-5-6-11-16(20)18-17/h8-10,13H,3-7,11-12,17H2,1-2H3,(H,18,20). The molecule has 5 heteroatoms. The second-order valence-corrected chi connectivity index (χ2v) is 4.90. The zero-order chi connectivity index (χ0) is 15.5. The number of unbranched alkanes of at least 4 members (excludes halogenated alkanes) is 2. The quantitative estimate of drug-likeness (QED) is 0.301. The number of ether oxygens (including phenoxy) is 1. The molecule has 0 bridgehead atoms. The van der Waals surface area contributed by atoms with Crippen molar-refractivity contribution in [3.05, 3.63) is 24.3 Å². The SMILES string of the molecule is CCN(CC)c1cccc(OCCCCCC(=O)NN)c1. The third-order valence-corrected chi connectivity index (χ3v) is 3.42. The van der Waals surface area contributed by atoms with Gasteiger partial charge in [-0.15, -0.1) is 0 Å². The molecule has 5 nitrogen and oxygen atoms in total. The number of carbonyl (C=O) groups is 1. The summed E-state index contributed by atoms with van der Waals surface area (Å²) in [6, 6.07) is 8.18. The van der Waals surface area contributed by atoms with Crippen LogP contribution in [-0.2, 0) is 4.79 Å². The lowest BCUT2D eigenvalue weighted by Gasteiger charge is -2.21. The Bertz CT molecular complexity index is 420. The Kier molecular flexibility index (Phi) is 8.28. The molecule has 1 aromatic rings. The highest BCUT2D eigenvalue weighted by Crippen LogP contribution is 2.21. The third-order valence-electron chi connectivity index (χ3n) is 3.42. The van der Waals surface area contributed by atoms with E-state index in [-0.39, 0.29) is 5.91 Å². The van der Waals surface area contributed by atoms with Crippen LogP contribution >= 0.6 is 0 Å². The Labute approximate surface area is 127 Å². The highest BCUT2D eigenvalue weighted by molar-refractivity contribution is 5.75. The summed E-state index contributed by atoms with van der Waals surface area (Å²) in [7, 11) is 0. The Balaban J connectivity index is 2.29. The van der Waals surface area contributed by atoms with Crippen LogP contribution < -0.4 is 20.9 Å². The molecule has 0 aliphatic carbocycles. The van der Waals surface area contributed by atoms with Gasteiger partial charge in [-0.2, -0.15) is 0 Å². The van der Waals surface area contributed by atoms with Gasteiger partial charge >= 0.3 is 0 Å². The van der Waals surface area contributed by atoms with E-state index >= 15 is 0 Å². The Morgan fingerprint density at radius 1 is 1.24 bits per heavy atom. The number of hydrazine groups is 1. The van der Waals surface area contributed by atoms with Crippen molar-refractivity contribution in [2.24, 2.45) is 5.84 Å². The van der Waals surface area contributed by atoms with Gasteiger partial charge in [0.25, 0.3) is 0 Å². The second-order valence-electron chi connectivity index (χ2n) is 4.90. The first-order chi connectivity index (χ1) is 10.2. The van der Waals surface area contributed by atoms with Gasteiger partial charge in [0.05, 0.1) is 6.61 Å². The Hall–Kier alpha value is -1.75. The summed E-state index contributed by atoms with van der Waals surface area (Å²) in [6.45, 7) is 6.95. The molecule has 0 saturated heterocycles. The van der Waals surface area contributed by atoms with E-state index in [1.54, 1.807) is 0 Å². The third kappa shape index (κ3) is 6.49. The van der Waals surface area contributed by atoms with Crippen molar-refractivity contribution in [1.82, 2.24) is 5.43 Å². The number of anilines is 1. The highest BCUT2D eigenvalue weighted by Gasteiger charge is 2.03. The first-order valence-corrected chi connectivity index (χ1v) is 7.68. The smallest absolute Gasteiger partial charge is 0.233 e. The van der Waals surface area contributed by atoms with Crippen LogP contribution in [0.4, 0.5) is 5.69 Å². The molecule has 3 N–H and O–H groups in total. The molecule has 0 aromatic heterocycles. The van der Waals surface area contributed by atoms with Crippen molar-refractivity contribution in [3.8, 4) is 5.75 Å². The maximum atomic E-state index is 11.0. The number of nitrogens with one attached hydrogen (secondary N) is 1. The number of hydrogen-bond acceptors (Lipinski definition) is 4. The van der Waals surface area contributed by atoms with E-state index in [2.05, 4.69) is 36.3 Å². The summed E-state index contributed by atoms with van der Waals surface area (Å²) in [5, 5.41) is 0. The van der Waals surface area contributed by atoms with Gasteiger partial charge in [-0.25, -0.2) is 5.84 Å². The molecule has 21 heavy (non-hydrogen) atoms. The van der Waals surface area contributed by atoms with Crippen molar-refractivity contribution < 1.29 is 9.53 Å². The summed E-state index contributed by atoms with van der Waals surface area (Å²) < 4.78 is 5.77. The van der Waals surface area contributed by atoms with Crippen LogP contribution in [0.25, 0.3) is 0 Å². The van der Waals surface area contributed by atoms with Crippen LogP contribution in [0.3, 0.4) is 0 Å². The first-order valence-electron chi connectivity index (χ1n) is 7.68. The summed E-state index contributed by atoms with van der Waals surface area (Å²) >= 11 is 0. The Morgan fingerprint density at radius 3 is 2.67 bits per heavy atom. The summed E-state index contributed by atoms with van der Waals surface area (Å²) in [5.41, 5.74) is 3.33. The first kappa shape index (κ1) is 17.3. The lowest BCUT2D eigenvalue weighted by atomic mass is 10.2. The number of nitrogens with zero attached hydrogens (tertiary/aromatic N) is 1. The molecule has 1 aromatic carbocycles. The molecular weight excluding hydrogens is 266 g/mol. The van der Waals surface area contributed by atoms with E-state index < -0.39 is 0 Å². The van der Waals surface area contributed by atoms with Gasteiger partial charge in [0.15, 0.2) is 0 Å². The van der Waals surface area contributed by atoms with Gasteiger partial charge in [-0.05, 0) is 45.2 Å². The van der Waals surface area contributed by atoms with Crippen LogP contribution in [0, 0.1) is 0 Å². The van der Waals surface area contributed by atoms with Gasteiger partial charge < -0.3 is 9.64 Å². The fraction of sp³-hybridized carbons (Fsp3) is 0.562. The van der Waals surface area contributed by atoms with Crippen LogP contribution in [-0.4, -0.2) is 25.6 Å². The van der Waals surface area contributed by atoms with E-state index in [4.69, 9.17) is 10.6 Å². The minimum absolute atomic E-state index is 0.108. The lowest BCUT2D eigenvalue weighted by Crippen LogP contribution is -2.29. The van der Waals surface area contributed by atoms with E-state index in [9.17, 15) is 4.79 Å². The summed E-state index contributed by atoms with van der Waals surface area (Å²) in [5.74, 6) is 5.82. The minimum Gasteiger partial charge on any atom is -0.494 e. The maximum Gasteiger partial charge on any atom is 0.233 e. The molecule has 0 radical (unpaired) electrons. The van der Waals surface area contributed by atoms with E-state index in [1.807, 2.05) is 12.1 Å². The molecule has 0 atom stereocenters. The Morgan fingerprint density at radius 2 is 2.00 bits per heavy atom. The van der Waals surface area contributed by atoms with Crippen LogP contribution in [0.2, 0.25) is 0 Å². The maximum absolute atomic E-state index is 11.0. The van der Waals surface area contributed by atoms with Crippen LogP contribution in [0.15, 0.2) is 24.3 Å². The molecule has 0 aliphatic rings. The minimum atomic E-state index is -0.108. The molecule has 0 fully saturated rings. The summed E-state index contributed by atoms with van der Waals surface area (Å²) in [6.07, 6.45) is 3.22. The highest BCUT2D eigenvalue weighted by atomic mass is 16.5. The summed E-state index contributed by atoms with van der Waals surface area (Å²) in [4.78, 5) is 13.2. The number of hydrogen-bond donors (Lipinski definition) is 2. The number of amides is 1. The van der Waals surface area contributed by atoms with E-state index in [1.165, 1.54) is 5.69 Å². The number of nitrogens with two attached hydrogens (primary N) is 1. The number of carbonyl (C=O) groups excluding carboxylic acids is 1. The van der Waals surface area contributed by atoms with Gasteiger partial charge in [0, 0.05) is 31.3 Å². The molecule has 118 valence electrons. The molecule has 0 aliphatic heterocycles. The average molecular weight is 293 g/mol. The molecule has 0 heterocycles. The average Bonchev–Trinajstić information content (AvgIpc) is 2.52. The monoisotopic (exact) mass is 293 g/mol. The molecule has 0 unspecified atom stereocenters. The normalized spacial score (nSPS) is 10.2. The molecule has 1 amide bonds. The van der Waals surface area contributed by atoms with Crippen molar-refractivity contribution in [2.75, 3.05) is 24.6 Å². The van der Waals surface area contributed by atoms with Crippen LogP contribution in [0.5, 0.6) is 5.75 Å². The zero-order valence-corrected chi connectivity index (χ0v) is 13.1. The van der Waals surface area contributed by atoms with E-state index in [0.717, 1.165) is 38.1 Å². The zero-order valence-electron chi connectivity index (χ0n) is 13.1. The van der Waals surface area contributed by atoms with Crippen molar-refractivity contribution >= 4 is 11.6 Å². The topological polar surface area (TPSA) is 67.6 Å². The fourth-order valence-electron chi connectivity index (χ4n) is 2.19. The van der Waals surface area contributed by atoms with Crippen molar-refractivity contribution in [3.63, 3.8) is 0 Å². The molecule has 0 spiro atoms. The van der Waals surface area contributed by atoms with Gasteiger partial charge in [-0.1, -0.05) is 6.07 Å². The second kappa shape index (κ2) is 10.0. The van der Waals surface area contributed by atoms with E-state index in [0.29, 0.717) is 13.0 Å². The number of rotatable bonds is 10.